The summed E-state index contributed by atoms with van der Waals surface area (Å²) < 4.78 is 84.8. The summed E-state index contributed by atoms with van der Waals surface area (Å²) in [7, 11) is -6.72. The molecular weight excluding hydrogens is 247 g/mol. The van der Waals surface area contributed by atoms with E-state index in [1.165, 1.54) is 6.92 Å². The second-order valence-corrected chi connectivity index (χ2v) is 4.20. The smallest absolute Gasteiger partial charge is 0.312 e. The minimum atomic E-state index is -6.72. The molecule has 3 nitrogen and oxygen atoms in total. The zero-order chi connectivity index (χ0) is 12.5. The van der Waals surface area contributed by atoms with Crippen molar-refractivity contribution in [1.29, 1.82) is 0 Å². The monoisotopic (exact) mass is 256 g/mol. The van der Waals surface area contributed by atoms with Gasteiger partial charge in [-0.05, 0) is 13.3 Å². The minimum absolute atomic E-state index is 0.0575. The van der Waals surface area contributed by atoms with Gasteiger partial charge in [0.25, 0.3) is 0 Å². The summed E-state index contributed by atoms with van der Waals surface area (Å²) in [5.41, 5.74) is 0. The van der Waals surface area contributed by atoms with E-state index in [4.69, 9.17) is 0 Å². The summed E-state index contributed by atoms with van der Waals surface area (Å²) in [6, 6.07) is 0. The van der Waals surface area contributed by atoms with Crippen LogP contribution < -0.4 is 0 Å². The van der Waals surface area contributed by atoms with Gasteiger partial charge in [0.2, 0.25) is 0 Å². The van der Waals surface area contributed by atoms with Gasteiger partial charge in [-0.25, -0.2) is 0 Å². The van der Waals surface area contributed by atoms with E-state index in [0.717, 1.165) is 6.92 Å². The fourth-order valence-electron chi connectivity index (χ4n) is 0.547. The maximum atomic E-state index is 12.5. The number of rotatable bonds is 5. The second-order valence-electron chi connectivity index (χ2n) is 2.81. The molecule has 0 heterocycles. The van der Waals surface area contributed by atoms with E-state index < -0.39 is 27.7 Å². The van der Waals surface area contributed by atoms with Gasteiger partial charge in [-0.1, -0.05) is 10.8 Å². The molecule has 1 unspecified atom stereocenters. The average molecular weight is 256 g/mol. The Morgan fingerprint density at radius 2 is 1.67 bits per heavy atom. The molecule has 0 aromatic rings. The van der Waals surface area contributed by atoms with Crippen LogP contribution >= 0.6 is 0 Å². The summed E-state index contributed by atoms with van der Waals surface area (Å²) in [4.78, 5) is 0. The van der Waals surface area contributed by atoms with Crippen LogP contribution in [0.1, 0.15) is 20.3 Å². The zero-order valence-corrected chi connectivity index (χ0v) is 8.62. The van der Waals surface area contributed by atoms with Crippen LogP contribution in [0.5, 0.6) is 0 Å². The fraction of sp³-hybridized carbons (Fsp3) is 1.00. The third kappa shape index (κ3) is 3.00. The Morgan fingerprint density at radius 3 is 1.93 bits per heavy atom. The molecule has 0 fully saturated rings. The molecule has 0 rings (SSSR count). The minimum Gasteiger partial charge on any atom is -0.312 e. The summed E-state index contributed by atoms with van der Waals surface area (Å²) in [5, 5.41) is -5.89. The molecule has 0 aromatic carbocycles. The Kier molecular flexibility index (Phi) is 4.08. The largest absolute Gasteiger partial charge is 0.464 e. The lowest BCUT2D eigenvalue weighted by molar-refractivity contribution is -0.332. The highest BCUT2D eigenvalue weighted by Crippen LogP contribution is 2.41. The molecule has 0 aliphatic carbocycles. The molecule has 1 atom stereocenters. The highest BCUT2D eigenvalue weighted by molar-refractivity contribution is 7.87. The first-order valence-corrected chi connectivity index (χ1v) is 5.21. The third-order valence-corrected chi connectivity index (χ3v) is 2.42. The van der Waals surface area contributed by atoms with Crippen molar-refractivity contribution in [2.45, 2.75) is 37.7 Å². The molecule has 0 spiro atoms. The van der Waals surface area contributed by atoms with Crippen molar-refractivity contribution in [2.75, 3.05) is 0 Å². The lowest BCUT2D eigenvalue weighted by Gasteiger charge is -2.25. The topological polar surface area (TPSA) is 43.4 Å². The second kappa shape index (κ2) is 4.20. The van der Waals surface area contributed by atoms with Gasteiger partial charge in [0.1, 0.15) is 0 Å². The third-order valence-electron chi connectivity index (χ3n) is 1.57. The lowest BCUT2D eigenvalue weighted by atomic mass is 10.3. The maximum absolute atomic E-state index is 12.5. The zero-order valence-electron chi connectivity index (χ0n) is 7.81. The van der Waals surface area contributed by atoms with E-state index in [0.29, 0.717) is 0 Å². The van der Waals surface area contributed by atoms with Crippen molar-refractivity contribution < 1.29 is 34.6 Å². The summed E-state index contributed by atoms with van der Waals surface area (Å²) >= 11 is 0. The van der Waals surface area contributed by atoms with Gasteiger partial charge < -0.3 is 4.74 Å². The quantitative estimate of drug-likeness (QED) is 0.560. The van der Waals surface area contributed by atoms with Crippen molar-refractivity contribution >= 4 is 10.2 Å². The first kappa shape index (κ1) is 14.6. The van der Waals surface area contributed by atoms with E-state index in [1.54, 1.807) is 0 Å². The van der Waals surface area contributed by atoms with Gasteiger partial charge in [-0.3, -0.25) is 0 Å². The van der Waals surface area contributed by atoms with Crippen molar-refractivity contribution in [1.82, 2.24) is 0 Å². The number of hydrogen-bond donors (Lipinski definition) is 0. The Bertz CT molecular complexity index is 313. The van der Waals surface area contributed by atoms with E-state index in [-0.39, 0.29) is 6.42 Å². The maximum Gasteiger partial charge on any atom is 0.464 e. The van der Waals surface area contributed by atoms with E-state index >= 15 is 0 Å². The molecule has 0 radical (unpaired) electrons. The number of halogens is 5. The summed E-state index contributed by atoms with van der Waals surface area (Å²) in [6.07, 6.45) is -6.78. The fourth-order valence-corrected chi connectivity index (χ4v) is 0.878. The normalized spacial score (nSPS) is 16.5. The highest BCUT2D eigenvalue weighted by atomic mass is 32.3. The molecule has 15 heavy (non-hydrogen) atoms. The van der Waals surface area contributed by atoms with Gasteiger partial charge >= 0.3 is 21.6 Å². The Morgan fingerprint density at radius 1 is 1.27 bits per heavy atom. The van der Waals surface area contributed by atoms with Crippen LogP contribution in [0.2, 0.25) is 0 Å². The highest BCUT2D eigenvalue weighted by Gasteiger charge is 2.68. The van der Waals surface area contributed by atoms with Crippen LogP contribution in [-0.4, -0.2) is 25.9 Å². The van der Waals surface area contributed by atoms with Gasteiger partial charge in [-0.15, -0.1) is 0 Å². The molecule has 92 valence electrons. The van der Waals surface area contributed by atoms with Crippen molar-refractivity contribution in [3.8, 4) is 0 Å². The Balaban J connectivity index is 5.03. The molecule has 0 saturated carbocycles. The summed E-state index contributed by atoms with van der Waals surface area (Å²) in [5.74, 6) is 0. The van der Waals surface area contributed by atoms with E-state index in [9.17, 15) is 29.9 Å². The average Bonchev–Trinajstić information content (AvgIpc) is 2.00. The predicted octanol–water partition coefficient (Wildman–Crippen LogP) is 2.29. The molecule has 0 aromatic heterocycles. The standard InChI is InChI=1S/C6H9F5O3S/c1-3-4(2)14-5(7,8)6(9,10)15(11,12)13/h4H,3H2,1-2H3. The van der Waals surface area contributed by atoms with E-state index in [2.05, 4.69) is 4.74 Å². The SMILES string of the molecule is CCC(C)OC(F)(F)C(F)(F)S(=O)(=O)F. The predicted molar refractivity (Wildman–Crippen MR) is 40.8 cm³/mol. The summed E-state index contributed by atoms with van der Waals surface area (Å²) in [6.45, 7) is 2.37. The van der Waals surface area contributed by atoms with Crippen LogP contribution in [0.15, 0.2) is 0 Å². The number of hydrogen-bond acceptors (Lipinski definition) is 3. The van der Waals surface area contributed by atoms with Gasteiger partial charge in [0, 0.05) is 0 Å². The Hall–Kier alpha value is -0.440. The van der Waals surface area contributed by atoms with Crippen molar-refractivity contribution in [3.63, 3.8) is 0 Å². The van der Waals surface area contributed by atoms with Crippen LogP contribution in [0.25, 0.3) is 0 Å². The van der Waals surface area contributed by atoms with Crippen LogP contribution in [0.3, 0.4) is 0 Å². The van der Waals surface area contributed by atoms with Crippen molar-refractivity contribution in [2.24, 2.45) is 0 Å². The van der Waals surface area contributed by atoms with Crippen molar-refractivity contribution in [3.05, 3.63) is 0 Å². The molecule has 0 N–H and O–H groups in total. The molecule has 0 aliphatic rings. The first-order chi connectivity index (χ1) is 6.45. The Labute approximate surface area is 83.4 Å². The van der Waals surface area contributed by atoms with Crippen LogP contribution in [0.4, 0.5) is 21.4 Å². The lowest BCUT2D eigenvalue weighted by Crippen LogP contribution is -2.48. The molecule has 0 bridgehead atoms. The first-order valence-electron chi connectivity index (χ1n) is 3.83. The van der Waals surface area contributed by atoms with E-state index in [1.807, 2.05) is 0 Å². The number of ether oxygens (including phenoxy) is 1. The van der Waals surface area contributed by atoms with Gasteiger partial charge in [0.15, 0.2) is 0 Å². The molecule has 9 heteroatoms. The van der Waals surface area contributed by atoms with Crippen LogP contribution in [0, 0.1) is 0 Å². The molecule has 0 aliphatic heterocycles. The van der Waals surface area contributed by atoms with Crippen LogP contribution in [-0.2, 0) is 15.0 Å². The molecular formula is C6H9F5O3S. The number of alkyl halides is 4. The van der Waals surface area contributed by atoms with Gasteiger partial charge in [0.05, 0.1) is 6.10 Å². The molecule has 0 amide bonds. The van der Waals surface area contributed by atoms with Gasteiger partial charge in [-0.2, -0.15) is 26.0 Å². The molecule has 0 saturated heterocycles.